The van der Waals surface area contributed by atoms with Gasteiger partial charge >= 0.3 is 0 Å². The minimum absolute atomic E-state index is 0.185. The van der Waals surface area contributed by atoms with Gasteiger partial charge in [-0.05, 0) is 42.8 Å². The standard InChI is InChI=1S/C24H19N7O/c1-13-6-2-3-7-15(13)26-21-12-17(28-24(25)29-21)14-10-18-22-20(11-14)32-19-9-5-4-8-16(19)27-23(22)31-30-18/h2-12H,1H3,(H2,27,30,31)(H3,25,26,28,29). The van der Waals surface area contributed by atoms with Crippen molar-refractivity contribution in [3.8, 4) is 22.8 Å². The fourth-order valence-corrected chi connectivity index (χ4v) is 3.86. The highest BCUT2D eigenvalue weighted by Crippen LogP contribution is 2.43. The summed E-state index contributed by atoms with van der Waals surface area (Å²) in [6.45, 7) is 2.04. The van der Waals surface area contributed by atoms with Crippen LogP contribution in [0.5, 0.6) is 11.5 Å². The van der Waals surface area contributed by atoms with Crippen molar-refractivity contribution in [3.63, 3.8) is 0 Å². The summed E-state index contributed by atoms with van der Waals surface area (Å²) in [6, 6.07) is 21.5. The number of hydrogen-bond acceptors (Lipinski definition) is 8. The van der Waals surface area contributed by atoms with E-state index in [1.165, 1.54) is 0 Å². The van der Waals surface area contributed by atoms with Gasteiger partial charge in [0, 0.05) is 17.3 Å². The van der Waals surface area contributed by atoms with Gasteiger partial charge in [0.25, 0.3) is 0 Å². The highest BCUT2D eigenvalue weighted by molar-refractivity contribution is 6.12. The lowest BCUT2D eigenvalue weighted by atomic mass is 10.0. The minimum Gasteiger partial charge on any atom is -0.454 e. The van der Waals surface area contributed by atoms with E-state index in [1.807, 2.05) is 73.7 Å². The zero-order valence-electron chi connectivity index (χ0n) is 17.2. The van der Waals surface area contributed by atoms with Crippen molar-refractivity contribution in [2.24, 2.45) is 4.99 Å². The van der Waals surface area contributed by atoms with Gasteiger partial charge in [0.15, 0.2) is 11.6 Å². The Bertz CT molecular complexity index is 1410. The van der Waals surface area contributed by atoms with Gasteiger partial charge in [0.2, 0.25) is 5.95 Å². The van der Waals surface area contributed by atoms with E-state index < -0.39 is 0 Å². The van der Waals surface area contributed by atoms with Crippen LogP contribution < -0.4 is 26.6 Å². The SMILES string of the molecule is Cc1ccccc1Nc1cc(-c2cc3c4c(c2)Oc2ccccc2N=C4NN3)nc(N)n1. The van der Waals surface area contributed by atoms with Crippen LogP contribution in [0.25, 0.3) is 11.3 Å². The number of hydrogen-bond donors (Lipinski definition) is 4. The lowest BCUT2D eigenvalue weighted by molar-refractivity contribution is 0.485. The quantitative estimate of drug-likeness (QED) is 0.373. The number of ether oxygens (including phenoxy) is 1. The number of rotatable bonds is 3. The second-order valence-corrected chi connectivity index (χ2v) is 7.61. The van der Waals surface area contributed by atoms with Crippen LogP contribution in [0.2, 0.25) is 0 Å². The molecular formula is C24H19N7O. The molecule has 0 radical (unpaired) electrons. The van der Waals surface area contributed by atoms with Gasteiger partial charge in [-0.25, -0.2) is 9.98 Å². The van der Waals surface area contributed by atoms with Crippen molar-refractivity contribution < 1.29 is 4.74 Å². The van der Waals surface area contributed by atoms with E-state index in [0.717, 1.165) is 39.6 Å². The van der Waals surface area contributed by atoms with Crippen molar-refractivity contribution in [3.05, 3.63) is 77.9 Å². The van der Waals surface area contributed by atoms with Crippen LogP contribution in [0.4, 0.5) is 28.8 Å². The number of nitrogens with zero attached hydrogens (tertiary/aromatic N) is 3. The first-order valence-corrected chi connectivity index (χ1v) is 10.2. The maximum Gasteiger partial charge on any atom is 0.222 e. The van der Waals surface area contributed by atoms with E-state index in [1.54, 1.807) is 0 Å². The zero-order valence-corrected chi connectivity index (χ0v) is 17.2. The average molecular weight is 421 g/mol. The molecule has 0 aliphatic carbocycles. The molecule has 5 N–H and O–H groups in total. The maximum atomic E-state index is 6.24. The number of amidine groups is 1. The molecular weight excluding hydrogens is 402 g/mol. The van der Waals surface area contributed by atoms with Crippen LogP contribution in [0.1, 0.15) is 11.1 Å². The molecule has 2 aliphatic rings. The number of aromatic nitrogens is 2. The van der Waals surface area contributed by atoms with Crippen LogP contribution in [-0.2, 0) is 0 Å². The maximum absolute atomic E-state index is 6.24. The summed E-state index contributed by atoms with van der Waals surface area (Å²) < 4.78 is 6.24. The normalized spacial score (nSPS) is 13.0. The van der Waals surface area contributed by atoms with E-state index in [-0.39, 0.29) is 5.95 Å². The summed E-state index contributed by atoms with van der Waals surface area (Å²) in [5.74, 6) is 2.90. The summed E-state index contributed by atoms with van der Waals surface area (Å²) in [6.07, 6.45) is 0. The largest absolute Gasteiger partial charge is 0.454 e. The lowest BCUT2D eigenvalue weighted by Crippen LogP contribution is -2.20. The van der Waals surface area contributed by atoms with Crippen molar-refractivity contribution in [1.82, 2.24) is 15.4 Å². The Labute approximate surface area is 184 Å². The molecule has 0 bridgehead atoms. The first kappa shape index (κ1) is 18.2. The van der Waals surface area contributed by atoms with Crippen molar-refractivity contribution >= 4 is 34.7 Å². The Morgan fingerprint density at radius 3 is 2.66 bits per heavy atom. The lowest BCUT2D eigenvalue weighted by Gasteiger charge is -2.13. The van der Waals surface area contributed by atoms with Gasteiger partial charge in [-0.3, -0.25) is 10.9 Å². The van der Waals surface area contributed by atoms with E-state index in [9.17, 15) is 0 Å². The third kappa shape index (κ3) is 3.05. The number of aryl methyl sites for hydroxylation is 1. The molecule has 3 aromatic carbocycles. The smallest absolute Gasteiger partial charge is 0.222 e. The summed E-state index contributed by atoms with van der Waals surface area (Å²) >= 11 is 0. The van der Waals surface area contributed by atoms with Crippen molar-refractivity contribution in [1.29, 1.82) is 0 Å². The topological polar surface area (TPSA) is 109 Å². The van der Waals surface area contributed by atoms with Crippen LogP contribution in [-0.4, -0.2) is 15.8 Å². The van der Waals surface area contributed by atoms with Crippen LogP contribution >= 0.6 is 0 Å². The predicted octanol–water partition coefficient (Wildman–Crippen LogP) is 4.89. The van der Waals surface area contributed by atoms with Crippen LogP contribution in [0.15, 0.2) is 71.7 Å². The van der Waals surface area contributed by atoms with Crippen LogP contribution in [0, 0.1) is 6.92 Å². The molecule has 3 heterocycles. The number of hydrazine groups is 1. The summed E-state index contributed by atoms with van der Waals surface area (Å²) in [7, 11) is 0. The van der Waals surface area contributed by atoms with E-state index in [2.05, 4.69) is 26.1 Å². The number of aliphatic imine (C=N–C) groups is 1. The van der Waals surface area contributed by atoms with Gasteiger partial charge in [-0.1, -0.05) is 30.3 Å². The third-order valence-electron chi connectivity index (χ3n) is 5.42. The molecule has 0 fully saturated rings. The second-order valence-electron chi connectivity index (χ2n) is 7.61. The average Bonchev–Trinajstić information content (AvgIpc) is 3.11. The molecule has 4 aromatic rings. The van der Waals surface area contributed by atoms with E-state index in [4.69, 9.17) is 15.5 Å². The molecule has 0 saturated carbocycles. The number of anilines is 4. The molecule has 0 unspecified atom stereocenters. The number of para-hydroxylation sites is 3. The Hall–Kier alpha value is -4.59. The van der Waals surface area contributed by atoms with Gasteiger partial charge in [0.05, 0.1) is 16.9 Å². The fraction of sp³-hybridized carbons (Fsp3) is 0.0417. The summed E-state index contributed by atoms with van der Waals surface area (Å²) in [5, 5.41) is 3.34. The molecule has 2 aliphatic heterocycles. The molecule has 0 atom stereocenters. The molecule has 1 aromatic heterocycles. The van der Waals surface area contributed by atoms with E-state index >= 15 is 0 Å². The first-order valence-electron chi connectivity index (χ1n) is 10.2. The number of fused-ring (bicyclic) bond motifs is 1. The summed E-state index contributed by atoms with van der Waals surface area (Å²) in [4.78, 5) is 13.5. The molecule has 0 saturated heterocycles. The van der Waals surface area contributed by atoms with Gasteiger partial charge in [-0.2, -0.15) is 4.98 Å². The highest BCUT2D eigenvalue weighted by Gasteiger charge is 2.27. The Balaban J connectivity index is 1.44. The third-order valence-corrected chi connectivity index (χ3v) is 5.42. The summed E-state index contributed by atoms with van der Waals surface area (Å²) in [5.41, 5.74) is 18.5. The molecule has 6 rings (SSSR count). The highest BCUT2D eigenvalue weighted by atomic mass is 16.5. The molecule has 0 amide bonds. The van der Waals surface area contributed by atoms with Gasteiger partial charge < -0.3 is 15.8 Å². The Morgan fingerprint density at radius 1 is 0.906 bits per heavy atom. The van der Waals surface area contributed by atoms with Crippen molar-refractivity contribution in [2.75, 3.05) is 16.5 Å². The molecule has 8 nitrogen and oxygen atoms in total. The number of nitrogens with one attached hydrogen (secondary N) is 3. The first-order chi connectivity index (χ1) is 15.6. The monoisotopic (exact) mass is 421 g/mol. The number of benzene rings is 3. The van der Waals surface area contributed by atoms with Crippen molar-refractivity contribution in [2.45, 2.75) is 6.92 Å². The fourth-order valence-electron chi connectivity index (χ4n) is 3.86. The Morgan fingerprint density at radius 2 is 1.75 bits per heavy atom. The van der Waals surface area contributed by atoms with Crippen LogP contribution in [0.3, 0.4) is 0 Å². The number of nitrogen functional groups attached to an aromatic ring is 1. The minimum atomic E-state index is 0.185. The Kier molecular flexibility index (Phi) is 3.97. The zero-order chi connectivity index (χ0) is 21.7. The molecule has 8 heteroatoms. The van der Waals surface area contributed by atoms with Gasteiger partial charge in [0.1, 0.15) is 17.3 Å². The number of nitrogens with two attached hydrogens (primary N) is 1. The van der Waals surface area contributed by atoms with E-state index in [0.29, 0.717) is 23.0 Å². The molecule has 0 spiro atoms. The second kappa shape index (κ2) is 6.98. The van der Waals surface area contributed by atoms with Gasteiger partial charge in [-0.15, -0.1) is 0 Å². The predicted molar refractivity (Wildman–Crippen MR) is 126 cm³/mol. The molecule has 156 valence electrons. The molecule has 32 heavy (non-hydrogen) atoms.